The number of carbonyl (C=O) groups excluding carboxylic acids is 2. The van der Waals surface area contributed by atoms with Crippen molar-refractivity contribution >= 4 is 23.2 Å². The molecule has 0 unspecified atom stereocenters. The lowest BCUT2D eigenvalue weighted by Gasteiger charge is -2.16. The molecule has 0 saturated heterocycles. The topological polar surface area (TPSA) is 68.3 Å². The van der Waals surface area contributed by atoms with Crippen molar-refractivity contribution < 1.29 is 14.3 Å². The second kappa shape index (κ2) is 5.27. The first-order valence-electron chi connectivity index (χ1n) is 5.15. The molecule has 0 bridgehead atoms. The summed E-state index contributed by atoms with van der Waals surface area (Å²) >= 11 is 1.32. The van der Waals surface area contributed by atoms with Gasteiger partial charge >= 0.3 is 5.97 Å². The van der Waals surface area contributed by atoms with E-state index in [2.05, 4.69) is 15.0 Å². The molecule has 1 rings (SSSR count). The van der Waals surface area contributed by atoms with Gasteiger partial charge in [0.05, 0.1) is 13.7 Å². The van der Waals surface area contributed by atoms with Gasteiger partial charge in [0.25, 0.3) is 0 Å². The Morgan fingerprint density at radius 3 is 2.65 bits per heavy atom. The Morgan fingerprint density at radius 2 is 2.12 bits per heavy atom. The zero-order valence-corrected chi connectivity index (χ0v) is 11.2. The number of aromatic nitrogens is 1. The maximum Gasteiger partial charge on any atom is 0.357 e. The highest BCUT2D eigenvalue weighted by molar-refractivity contribution is 7.09. The number of hydrogen-bond donors (Lipinski definition) is 1. The van der Waals surface area contributed by atoms with Crippen LogP contribution in [0.2, 0.25) is 0 Å². The Hall–Kier alpha value is -1.43. The Labute approximate surface area is 104 Å². The molecule has 1 N–H and O–H groups in total. The van der Waals surface area contributed by atoms with Gasteiger partial charge in [0.1, 0.15) is 5.01 Å². The van der Waals surface area contributed by atoms with Crippen LogP contribution >= 0.6 is 11.3 Å². The summed E-state index contributed by atoms with van der Waals surface area (Å²) in [7, 11) is 1.31. The van der Waals surface area contributed by atoms with Gasteiger partial charge in [0, 0.05) is 10.8 Å². The molecule has 17 heavy (non-hydrogen) atoms. The normalized spacial score (nSPS) is 11.1. The van der Waals surface area contributed by atoms with Gasteiger partial charge in [-0.15, -0.1) is 11.3 Å². The molecular weight excluding hydrogens is 240 g/mol. The number of ether oxygens (including phenoxy) is 1. The van der Waals surface area contributed by atoms with Crippen molar-refractivity contribution in [1.82, 2.24) is 10.3 Å². The summed E-state index contributed by atoms with van der Waals surface area (Å²) in [5, 5.41) is 5.06. The van der Waals surface area contributed by atoms with Crippen molar-refractivity contribution in [1.29, 1.82) is 0 Å². The lowest BCUT2D eigenvalue weighted by Crippen LogP contribution is -2.34. The summed E-state index contributed by atoms with van der Waals surface area (Å²) in [5.74, 6) is -0.512. The molecule has 1 amide bonds. The van der Waals surface area contributed by atoms with E-state index < -0.39 is 11.4 Å². The van der Waals surface area contributed by atoms with Crippen LogP contribution in [0.5, 0.6) is 0 Å². The Morgan fingerprint density at radius 1 is 1.47 bits per heavy atom. The third-order valence-electron chi connectivity index (χ3n) is 2.03. The van der Waals surface area contributed by atoms with Crippen LogP contribution in [0.1, 0.15) is 36.3 Å². The van der Waals surface area contributed by atoms with Crippen LogP contribution in [0.4, 0.5) is 0 Å². The van der Waals surface area contributed by atoms with Crippen molar-refractivity contribution in [2.24, 2.45) is 5.41 Å². The summed E-state index contributed by atoms with van der Waals surface area (Å²) < 4.78 is 4.55. The Bertz CT molecular complexity index is 421. The molecule has 0 saturated carbocycles. The van der Waals surface area contributed by atoms with Crippen molar-refractivity contribution in [3.8, 4) is 0 Å². The second-order valence-corrected chi connectivity index (χ2v) is 5.49. The molecule has 0 aliphatic rings. The fraction of sp³-hybridized carbons (Fsp3) is 0.545. The largest absolute Gasteiger partial charge is 0.464 e. The average molecular weight is 256 g/mol. The van der Waals surface area contributed by atoms with Gasteiger partial charge in [-0.1, -0.05) is 20.8 Å². The smallest absolute Gasteiger partial charge is 0.357 e. The zero-order valence-electron chi connectivity index (χ0n) is 10.4. The van der Waals surface area contributed by atoms with Crippen LogP contribution < -0.4 is 5.32 Å². The Kier molecular flexibility index (Phi) is 4.22. The average Bonchev–Trinajstić information content (AvgIpc) is 2.72. The number of thiazole rings is 1. The zero-order chi connectivity index (χ0) is 13.1. The van der Waals surface area contributed by atoms with E-state index in [-0.39, 0.29) is 11.6 Å². The molecule has 1 aromatic rings. The van der Waals surface area contributed by atoms with Crippen molar-refractivity contribution in [3.63, 3.8) is 0 Å². The van der Waals surface area contributed by atoms with E-state index in [4.69, 9.17) is 0 Å². The van der Waals surface area contributed by atoms with E-state index in [9.17, 15) is 9.59 Å². The lowest BCUT2D eigenvalue weighted by molar-refractivity contribution is -0.128. The van der Waals surface area contributed by atoms with Crippen LogP contribution in [-0.4, -0.2) is 24.0 Å². The number of esters is 1. The van der Waals surface area contributed by atoms with Crippen LogP contribution in [0.3, 0.4) is 0 Å². The molecule has 0 atom stereocenters. The van der Waals surface area contributed by atoms with E-state index >= 15 is 0 Å². The third-order valence-corrected chi connectivity index (χ3v) is 2.88. The number of nitrogens with zero attached hydrogens (tertiary/aromatic N) is 1. The first kappa shape index (κ1) is 13.6. The molecule has 0 aliphatic carbocycles. The van der Waals surface area contributed by atoms with Gasteiger partial charge in [-0.3, -0.25) is 4.79 Å². The number of amides is 1. The summed E-state index contributed by atoms with van der Waals surface area (Å²) in [6.45, 7) is 5.84. The fourth-order valence-electron chi connectivity index (χ4n) is 1.01. The maximum atomic E-state index is 11.6. The van der Waals surface area contributed by atoms with Gasteiger partial charge < -0.3 is 10.1 Å². The summed E-state index contributed by atoms with van der Waals surface area (Å²) in [6.07, 6.45) is 0. The lowest BCUT2D eigenvalue weighted by atomic mass is 9.96. The monoisotopic (exact) mass is 256 g/mol. The minimum Gasteiger partial charge on any atom is -0.464 e. The highest BCUT2D eigenvalue weighted by atomic mass is 32.1. The first-order chi connectivity index (χ1) is 7.84. The van der Waals surface area contributed by atoms with E-state index in [1.54, 1.807) is 5.38 Å². The fourth-order valence-corrected chi connectivity index (χ4v) is 1.71. The molecule has 1 heterocycles. The van der Waals surface area contributed by atoms with Crippen molar-refractivity contribution in [2.45, 2.75) is 27.3 Å². The first-order valence-corrected chi connectivity index (χ1v) is 6.03. The Balaban J connectivity index is 2.56. The number of methoxy groups -OCH3 is 1. The second-order valence-electron chi connectivity index (χ2n) is 4.55. The van der Waals surface area contributed by atoms with E-state index in [1.165, 1.54) is 18.4 Å². The van der Waals surface area contributed by atoms with Gasteiger partial charge in [-0.05, 0) is 0 Å². The predicted molar refractivity (Wildman–Crippen MR) is 64.8 cm³/mol. The number of carbonyl (C=O) groups is 2. The van der Waals surface area contributed by atoms with Gasteiger partial charge in [0.15, 0.2) is 5.69 Å². The SMILES string of the molecule is COC(=O)c1csc(CNC(=O)C(C)(C)C)n1. The van der Waals surface area contributed by atoms with Gasteiger partial charge in [-0.25, -0.2) is 9.78 Å². The minimum absolute atomic E-state index is 0.0488. The molecule has 1 aromatic heterocycles. The number of rotatable bonds is 3. The molecule has 94 valence electrons. The highest BCUT2D eigenvalue weighted by Gasteiger charge is 2.21. The third kappa shape index (κ3) is 3.81. The molecule has 0 spiro atoms. The minimum atomic E-state index is -0.463. The molecule has 0 aliphatic heterocycles. The highest BCUT2D eigenvalue weighted by Crippen LogP contribution is 2.14. The van der Waals surface area contributed by atoms with E-state index in [0.29, 0.717) is 11.6 Å². The van der Waals surface area contributed by atoms with E-state index in [0.717, 1.165) is 0 Å². The van der Waals surface area contributed by atoms with Gasteiger partial charge in [-0.2, -0.15) is 0 Å². The quantitative estimate of drug-likeness (QED) is 0.834. The summed E-state index contributed by atoms with van der Waals surface area (Å²) in [4.78, 5) is 26.8. The summed E-state index contributed by atoms with van der Waals surface area (Å²) in [6, 6.07) is 0. The van der Waals surface area contributed by atoms with Crippen LogP contribution in [0.15, 0.2) is 5.38 Å². The van der Waals surface area contributed by atoms with Crippen LogP contribution in [0.25, 0.3) is 0 Å². The molecular formula is C11H16N2O3S. The van der Waals surface area contributed by atoms with Crippen molar-refractivity contribution in [3.05, 3.63) is 16.1 Å². The van der Waals surface area contributed by atoms with Crippen molar-refractivity contribution in [2.75, 3.05) is 7.11 Å². The number of nitrogens with one attached hydrogen (secondary N) is 1. The molecule has 0 radical (unpaired) electrons. The van der Waals surface area contributed by atoms with Crippen LogP contribution in [-0.2, 0) is 16.1 Å². The van der Waals surface area contributed by atoms with Crippen LogP contribution in [0, 0.1) is 5.41 Å². The maximum absolute atomic E-state index is 11.6. The van der Waals surface area contributed by atoms with E-state index in [1.807, 2.05) is 20.8 Å². The molecule has 6 heteroatoms. The number of hydrogen-bond acceptors (Lipinski definition) is 5. The summed E-state index contributed by atoms with van der Waals surface area (Å²) in [5.41, 5.74) is -0.153. The predicted octanol–water partition coefficient (Wildman–Crippen LogP) is 1.59. The van der Waals surface area contributed by atoms with Gasteiger partial charge in [0.2, 0.25) is 5.91 Å². The molecule has 0 aromatic carbocycles. The standard InChI is InChI=1S/C11H16N2O3S/c1-11(2,3)10(15)12-5-8-13-7(6-17-8)9(14)16-4/h6H,5H2,1-4H3,(H,12,15). The molecule has 0 fully saturated rings. The molecule has 5 nitrogen and oxygen atoms in total.